The summed E-state index contributed by atoms with van der Waals surface area (Å²) in [6.07, 6.45) is 0. The monoisotopic (exact) mass is 358 g/mol. The molecule has 0 spiro atoms. The maximum atomic E-state index is 12.3. The minimum atomic E-state index is -0.701. The molecule has 1 aromatic heterocycles. The summed E-state index contributed by atoms with van der Waals surface area (Å²) in [4.78, 5) is 24.4. The van der Waals surface area contributed by atoms with E-state index in [2.05, 4.69) is 0 Å². The number of Topliss-reactive ketones (excluding diaryl/α,β-unsaturated/α-hetero) is 1. The van der Waals surface area contributed by atoms with Crippen LogP contribution in [0.15, 0.2) is 46.9 Å². The Morgan fingerprint density at radius 1 is 1.16 bits per heavy atom. The molecule has 0 unspecified atom stereocenters. The van der Waals surface area contributed by atoms with Crippen molar-refractivity contribution in [3.05, 3.63) is 64.4 Å². The van der Waals surface area contributed by atoms with Crippen LogP contribution in [0.4, 0.5) is 0 Å². The van der Waals surface area contributed by atoms with Crippen molar-refractivity contribution in [3.63, 3.8) is 0 Å². The fraction of sp³-hybridized carbons (Fsp3) is 0.158. The number of carbonyl (C=O) groups excluding carboxylic acids is 2. The van der Waals surface area contributed by atoms with Crippen LogP contribution >= 0.6 is 11.6 Å². The maximum absolute atomic E-state index is 12.3. The van der Waals surface area contributed by atoms with Gasteiger partial charge in [-0.3, -0.25) is 4.79 Å². The van der Waals surface area contributed by atoms with E-state index in [1.165, 1.54) is 0 Å². The summed E-state index contributed by atoms with van der Waals surface area (Å²) in [5, 5.41) is 1.07. The standard InChI is InChI=1S/C19H15ClO5/c1-11-14-9-12(23-2)7-8-17(14)25-18(11)19(22)24-10-16(21)13-5-3-4-6-15(13)20/h3-9H,10H2,1-2H3. The van der Waals surface area contributed by atoms with Crippen LogP contribution in [0.3, 0.4) is 0 Å². The number of halogens is 1. The number of esters is 1. The number of rotatable bonds is 5. The SMILES string of the molecule is COc1ccc2oc(C(=O)OCC(=O)c3ccccc3Cl)c(C)c2c1. The average molecular weight is 359 g/mol. The Kier molecular flexibility index (Phi) is 4.76. The third-order valence-corrected chi connectivity index (χ3v) is 4.17. The van der Waals surface area contributed by atoms with E-state index in [1.807, 2.05) is 0 Å². The summed E-state index contributed by atoms with van der Waals surface area (Å²) in [6, 6.07) is 11.8. The van der Waals surface area contributed by atoms with Gasteiger partial charge in [0.15, 0.2) is 6.61 Å². The summed E-state index contributed by atoms with van der Waals surface area (Å²) in [7, 11) is 1.56. The fourth-order valence-corrected chi connectivity index (χ4v) is 2.72. The van der Waals surface area contributed by atoms with Gasteiger partial charge in [0.2, 0.25) is 11.5 Å². The molecule has 0 saturated carbocycles. The second-order valence-corrected chi connectivity index (χ2v) is 5.80. The van der Waals surface area contributed by atoms with Crippen molar-refractivity contribution in [1.82, 2.24) is 0 Å². The lowest BCUT2D eigenvalue weighted by Crippen LogP contribution is -2.14. The lowest BCUT2D eigenvalue weighted by Gasteiger charge is -2.04. The van der Waals surface area contributed by atoms with Gasteiger partial charge in [-0.25, -0.2) is 4.79 Å². The third kappa shape index (κ3) is 3.37. The Morgan fingerprint density at radius 2 is 1.92 bits per heavy atom. The minimum absolute atomic E-state index is 0.0650. The van der Waals surface area contributed by atoms with E-state index in [0.717, 1.165) is 5.39 Å². The van der Waals surface area contributed by atoms with E-state index < -0.39 is 12.6 Å². The van der Waals surface area contributed by atoms with Gasteiger partial charge in [0.1, 0.15) is 11.3 Å². The molecule has 3 rings (SSSR count). The topological polar surface area (TPSA) is 65.7 Å². The zero-order chi connectivity index (χ0) is 18.0. The normalized spacial score (nSPS) is 10.7. The molecule has 0 bridgehead atoms. The number of benzene rings is 2. The van der Waals surface area contributed by atoms with Gasteiger partial charge in [0.25, 0.3) is 0 Å². The number of methoxy groups -OCH3 is 1. The number of fused-ring (bicyclic) bond motifs is 1. The van der Waals surface area contributed by atoms with Crippen LogP contribution in [-0.4, -0.2) is 25.5 Å². The van der Waals surface area contributed by atoms with E-state index >= 15 is 0 Å². The van der Waals surface area contributed by atoms with Crippen LogP contribution in [0, 0.1) is 6.92 Å². The van der Waals surface area contributed by atoms with Gasteiger partial charge >= 0.3 is 5.97 Å². The molecule has 1 heterocycles. The first kappa shape index (κ1) is 17.0. The number of hydrogen-bond donors (Lipinski definition) is 0. The molecular formula is C19H15ClO5. The zero-order valence-electron chi connectivity index (χ0n) is 13.7. The lowest BCUT2D eigenvalue weighted by atomic mass is 10.1. The number of ether oxygens (including phenoxy) is 2. The molecule has 0 fully saturated rings. The average Bonchev–Trinajstić information content (AvgIpc) is 2.96. The molecule has 0 aliphatic carbocycles. The predicted molar refractivity (Wildman–Crippen MR) is 93.6 cm³/mol. The molecule has 0 radical (unpaired) electrons. The van der Waals surface area contributed by atoms with Gasteiger partial charge in [0, 0.05) is 16.5 Å². The molecule has 0 aliphatic rings. The van der Waals surface area contributed by atoms with Crippen molar-refractivity contribution < 1.29 is 23.5 Å². The highest BCUT2D eigenvalue weighted by molar-refractivity contribution is 6.34. The highest BCUT2D eigenvalue weighted by Crippen LogP contribution is 2.29. The van der Waals surface area contributed by atoms with Crippen LogP contribution in [0.1, 0.15) is 26.5 Å². The van der Waals surface area contributed by atoms with Crippen LogP contribution in [0.5, 0.6) is 5.75 Å². The molecule has 5 nitrogen and oxygen atoms in total. The van der Waals surface area contributed by atoms with E-state index in [4.69, 9.17) is 25.5 Å². The van der Waals surface area contributed by atoms with Crippen molar-refractivity contribution >= 4 is 34.3 Å². The van der Waals surface area contributed by atoms with Crippen molar-refractivity contribution in [1.29, 1.82) is 0 Å². The van der Waals surface area contributed by atoms with Crippen LogP contribution < -0.4 is 4.74 Å². The van der Waals surface area contributed by atoms with E-state index in [9.17, 15) is 9.59 Å². The summed E-state index contributed by atoms with van der Waals surface area (Å²) in [5.41, 5.74) is 1.48. The quantitative estimate of drug-likeness (QED) is 0.498. The second kappa shape index (κ2) is 6.99. The number of hydrogen-bond acceptors (Lipinski definition) is 5. The molecule has 0 amide bonds. The van der Waals surface area contributed by atoms with Gasteiger partial charge in [-0.1, -0.05) is 23.7 Å². The van der Waals surface area contributed by atoms with E-state index in [-0.39, 0.29) is 11.5 Å². The Hall–Kier alpha value is -2.79. The molecular weight excluding hydrogens is 344 g/mol. The highest BCUT2D eigenvalue weighted by Gasteiger charge is 2.21. The van der Waals surface area contributed by atoms with Crippen molar-refractivity contribution in [2.24, 2.45) is 0 Å². The van der Waals surface area contributed by atoms with Crippen molar-refractivity contribution in [3.8, 4) is 5.75 Å². The highest BCUT2D eigenvalue weighted by atomic mass is 35.5. The van der Waals surface area contributed by atoms with Gasteiger partial charge in [-0.2, -0.15) is 0 Å². The first-order valence-electron chi connectivity index (χ1n) is 7.53. The molecule has 0 N–H and O–H groups in total. The predicted octanol–water partition coefficient (Wildman–Crippen LogP) is 4.44. The van der Waals surface area contributed by atoms with E-state index in [0.29, 0.717) is 27.5 Å². The zero-order valence-corrected chi connectivity index (χ0v) is 14.4. The molecule has 25 heavy (non-hydrogen) atoms. The molecule has 6 heteroatoms. The molecule has 0 atom stereocenters. The number of ketones is 1. The Bertz CT molecular complexity index is 958. The first-order valence-corrected chi connectivity index (χ1v) is 7.91. The molecule has 128 valence electrons. The minimum Gasteiger partial charge on any atom is -0.497 e. The van der Waals surface area contributed by atoms with Crippen LogP contribution in [0.2, 0.25) is 5.02 Å². The molecule has 0 saturated heterocycles. The fourth-order valence-electron chi connectivity index (χ4n) is 2.48. The van der Waals surface area contributed by atoms with Gasteiger partial charge in [-0.05, 0) is 37.3 Å². The summed E-state index contributed by atoms with van der Waals surface area (Å²) >= 11 is 5.97. The summed E-state index contributed by atoms with van der Waals surface area (Å²) in [5.74, 6) is -0.358. The summed E-state index contributed by atoms with van der Waals surface area (Å²) in [6.45, 7) is 1.33. The van der Waals surface area contributed by atoms with Crippen molar-refractivity contribution in [2.75, 3.05) is 13.7 Å². The summed E-state index contributed by atoms with van der Waals surface area (Å²) < 4.78 is 15.8. The first-order chi connectivity index (χ1) is 12.0. The van der Waals surface area contributed by atoms with Gasteiger partial charge in [-0.15, -0.1) is 0 Å². The number of furan rings is 1. The molecule has 2 aromatic carbocycles. The molecule has 0 aliphatic heterocycles. The lowest BCUT2D eigenvalue weighted by molar-refractivity contribution is 0.0445. The Labute approximate surface area is 149 Å². The molecule has 3 aromatic rings. The van der Waals surface area contributed by atoms with Crippen molar-refractivity contribution in [2.45, 2.75) is 6.92 Å². The largest absolute Gasteiger partial charge is 0.497 e. The smallest absolute Gasteiger partial charge is 0.375 e. The van der Waals surface area contributed by atoms with Crippen LogP contribution in [-0.2, 0) is 4.74 Å². The second-order valence-electron chi connectivity index (χ2n) is 5.40. The Balaban J connectivity index is 1.77. The Morgan fingerprint density at radius 3 is 2.64 bits per heavy atom. The number of carbonyl (C=O) groups is 2. The van der Waals surface area contributed by atoms with Gasteiger partial charge < -0.3 is 13.9 Å². The van der Waals surface area contributed by atoms with Crippen LogP contribution in [0.25, 0.3) is 11.0 Å². The number of aryl methyl sites for hydroxylation is 1. The van der Waals surface area contributed by atoms with Gasteiger partial charge in [0.05, 0.1) is 12.1 Å². The third-order valence-electron chi connectivity index (χ3n) is 3.84. The maximum Gasteiger partial charge on any atom is 0.375 e. The van der Waals surface area contributed by atoms with E-state index in [1.54, 1.807) is 56.5 Å².